The van der Waals surface area contributed by atoms with Gasteiger partial charge in [0.05, 0.1) is 6.61 Å². The molecule has 26 heavy (non-hydrogen) atoms. The summed E-state index contributed by atoms with van der Waals surface area (Å²) in [6.07, 6.45) is 13.7. The van der Waals surface area contributed by atoms with Gasteiger partial charge in [-0.05, 0) is 81.4 Å². The lowest BCUT2D eigenvalue weighted by Gasteiger charge is -2.32. The second kappa shape index (κ2) is 8.83. The molecular weight excluding hydrogens is 330 g/mol. The zero-order valence-electron chi connectivity index (χ0n) is 16.0. The van der Waals surface area contributed by atoms with Crippen molar-refractivity contribution in [2.24, 2.45) is 11.8 Å². The van der Waals surface area contributed by atoms with Crippen LogP contribution in [0, 0.1) is 23.5 Å². The summed E-state index contributed by atoms with van der Waals surface area (Å²) >= 11 is 0. The Bertz CT molecular complexity index is 690. The Hall–Kier alpha value is -1.64. The molecule has 3 rings (SSSR count). The van der Waals surface area contributed by atoms with E-state index in [-0.39, 0.29) is 5.75 Å². The quantitative estimate of drug-likeness (QED) is 0.493. The van der Waals surface area contributed by atoms with Crippen molar-refractivity contribution < 1.29 is 13.5 Å². The first-order valence-electron chi connectivity index (χ1n) is 10.1. The first-order chi connectivity index (χ1) is 12.6. The van der Waals surface area contributed by atoms with Crippen molar-refractivity contribution in [2.75, 3.05) is 6.61 Å². The highest BCUT2D eigenvalue weighted by atomic mass is 19.2. The van der Waals surface area contributed by atoms with E-state index in [1.165, 1.54) is 32.1 Å². The van der Waals surface area contributed by atoms with Gasteiger partial charge in [-0.2, -0.15) is 4.39 Å². The summed E-state index contributed by atoms with van der Waals surface area (Å²) in [4.78, 5) is 0. The van der Waals surface area contributed by atoms with Crippen LogP contribution in [-0.2, 0) is 0 Å². The molecule has 0 amide bonds. The second-order valence-corrected chi connectivity index (χ2v) is 7.58. The van der Waals surface area contributed by atoms with Crippen molar-refractivity contribution in [1.82, 2.24) is 0 Å². The molecule has 0 aromatic heterocycles. The van der Waals surface area contributed by atoms with Crippen LogP contribution in [0.3, 0.4) is 0 Å². The van der Waals surface area contributed by atoms with Gasteiger partial charge in [-0.1, -0.05) is 31.1 Å². The summed E-state index contributed by atoms with van der Waals surface area (Å²) in [5, 5.41) is 0. The van der Waals surface area contributed by atoms with E-state index in [2.05, 4.69) is 19.1 Å². The molecule has 0 heterocycles. The lowest BCUT2D eigenvalue weighted by molar-refractivity contribution is 0.285. The molecule has 0 radical (unpaired) electrons. The van der Waals surface area contributed by atoms with E-state index in [4.69, 9.17) is 4.74 Å². The van der Waals surface area contributed by atoms with Gasteiger partial charge in [0.2, 0.25) is 5.82 Å². The van der Waals surface area contributed by atoms with Crippen LogP contribution in [0.1, 0.15) is 70.8 Å². The van der Waals surface area contributed by atoms with Crippen LogP contribution < -0.4 is 4.74 Å². The van der Waals surface area contributed by atoms with Crippen molar-refractivity contribution in [3.05, 3.63) is 47.1 Å². The van der Waals surface area contributed by atoms with Gasteiger partial charge in [-0.25, -0.2) is 4.39 Å². The maximum atomic E-state index is 14.4. The number of rotatable bonds is 6. The topological polar surface area (TPSA) is 9.23 Å². The molecule has 0 fully saturated rings. The molecule has 2 aliphatic carbocycles. The summed E-state index contributed by atoms with van der Waals surface area (Å²) in [6.45, 7) is 4.33. The first kappa shape index (κ1) is 19.1. The van der Waals surface area contributed by atoms with Crippen LogP contribution in [0.25, 0.3) is 5.57 Å². The van der Waals surface area contributed by atoms with E-state index in [0.29, 0.717) is 18.1 Å². The van der Waals surface area contributed by atoms with Crippen LogP contribution in [-0.4, -0.2) is 6.61 Å². The normalized spacial score (nSPS) is 23.4. The van der Waals surface area contributed by atoms with E-state index >= 15 is 0 Å². The predicted molar refractivity (Wildman–Crippen MR) is 103 cm³/mol. The molecule has 1 aromatic carbocycles. The van der Waals surface area contributed by atoms with Gasteiger partial charge in [0, 0.05) is 5.56 Å². The predicted octanol–water partition coefficient (Wildman–Crippen LogP) is 7.07. The number of hydrogen-bond acceptors (Lipinski definition) is 1. The summed E-state index contributed by atoms with van der Waals surface area (Å²) in [7, 11) is 0. The maximum Gasteiger partial charge on any atom is 0.201 e. The van der Waals surface area contributed by atoms with Gasteiger partial charge in [0.15, 0.2) is 11.6 Å². The van der Waals surface area contributed by atoms with Crippen LogP contribution in [0.4, 0.5) is 8.78 Å². The largest absolute Gasteiger partial charge is 0.491 e. The molecule has 0 bridgehead atoms. The minimum atomic E-state index is -0.867. The van der Waals surface area contributed by atoms with E-state index in [0.717, 1.165) is 30.8 Å². The average molecular weight is 360 g/mol. The third-order valence-corrected chi connectivity index (χ3v) is 5.93. The zero-order valence-corrected chi connectivity index (χ0v) is 16.0. The highest BCUT2D eigenvalue weighted by Crippen LogP contribution is 2.41. The van der Waals surface area contributed by atoms with Crippen molar-refractivity contribution >= 4 is 5.57 Å². The monoisotopic (exact) mass is 360 g/mol. The molecule has 142 valence electrons. The second-order valence-electron chi connectivity index (χ2n) is 7.58. The molecule has 2 unspecified atom stereocenters. The fraction of sp³-hybridized carbons (Fsp3) is 0.565. The molecule has 2 atom stereocenters. The molecule has 0 aliphatic heterocycles. The minimum absolute atomic E-state index is 0.0000813. The number of hydrogen-bond donors (Lipinski definition) is 0. The van der Waals surface area contributed by atoms with Crippen molar-refractivity contribution in [3.63, 3.8) is 0 Å². The van der Waals surface area contributed by atoms with Gasteiger partial charge in [0.1, 0.15) is 0 Å². The molecule has 2 aliphatic rings. The van der Waals surface area contributed by atoms with E-state index < -0.39 is 11.6 Å². The van der Waals surface area contributed by atoms with Crippen molar-refractivity contribution in [2.45, 2.75) is 65.2 Å². The smallest absolute Gasteiger partial charge is 0.201 e. The fourth-order valence-corrected chi connectivity index (χ4v) is 4.46. The molecule has 0 N–H and O–H groups in total. The number of ether oxygens (including phenoxy) is 1. The van der Waals surface area contributed by atoms with E-state index in [1.54, 1.807) is 24.6 Å². The Morgan fingerprint density at radius 3 is 2.27 bits per heavy atom. The summed E-state index contributed by atoms with van der Waals surface area (Å²) in [5.41, 5.74) is 2.97. The third-order valence-electron chi connectivity index (χ3n) is 5.93. The molecule has 0 spiro atoms. The van der Waals surface area contributed by atoms with Crippen LogP contribution in [0.15, 0.2) is 29.9 Å². The highest BCUT2D eigenvalue weighted by Gasteiger charge is 2.27. The molecule has 1 nitrogen and oxygen atoms in total. The number of allylic oxidation sites excluding steroid dienone is 4. The van der Waals surface area contributed by atoms with Gasteiger partial charge < -0.3 is 4.74 Å². The molecule has 0 saturated heterocycles. The molecule has 0 saturated carbocycles. The van der Waals surface area contributed by atoms with Gasteiger partial charge >= 0.3 is 0 Å². The Kier molecular flexibility index (Phi) is 6.50. The Morgan fingerprint density at radius 1 is 0.962 bits per heavy atom. The average Bonchev–Trinajstić information content (AvgIpc) is 2.67. The fourth-order valence-electron chi connectivity index (χ4n) is 4.46. The Balaban J connectivity index is 1.66. The van der Waals surface area contributed by atoms with E-state index in [1.807, 2.05) is 0 Å². The highest BCUT2D eigenvalue weighted by molar-refractivity contribution is 5.67. The van der Waals surface area contributed by atoms with Crippen LogP contribution in [0.5, 0.6) is 5.75 Å². The molecule has 3 heteroatoms. The lowest BCUT2D eigenvalue weighted by atomic mass is 9.73. The zero-order chi connectivity index (χ0) is 18.5. The molecular formula is C23H30F2O. The number of halogens is 2. The maximum absolute atomic E-state index is 14.4. The van der Waals surface area contributed by atoms with Crippen molar-refractivity contribution in [1.29, 1.82) is 0 Å². The van der Waals surface area contributed by atoms with Crippen LogP contribution >= 0.6 is 0 Å². The van der Waals surface area contributed by atoms with Gasteiger partial charge in [-0.3, -0.25) is 0 Å². The number of benzene rings is 1. The van der Waals surface area contributed by atoms with E-state index in [9.17, 15) is 8.78 Å². The SMILES string of the molecule is CCCC1=CCC(C2CC=C(c3ccc(OCC)c(F)c3F)CC2)CC1. The van der Waals surface area contributed by atoms with Gasteiger partial charge in [0.25, 0.3) is 0 Å². The summed E-state index contributed by atoms with van der Waals surface area (Å²) in [5.74, 6) is -0.220. The summed E-state index contributed by atoms with van der Waals surface area (Å²) in [6, 6.07) is 3.21. The van der Waals surface area contributed by atoms with Gasteiger partial charge in [-0.15, -0.1) is 0 Å². The lowest BCUT2D eigenvalue weighted by Crippen LogP contribution is -2.19. The standard InChI is InChI=1S/C23H30F2O/c1-3-5-16-6-8-17(9-7-16)18-10-12-19(13-11-18)20-14-15-21(26-4-2)23(25)22(20)24/h6,12,14-15,17-18H,3-5,7-11,13H2,1-2H3. The van der Waals surface area contributed by atoms with Crippen molar-refractivity contribution in [3.8, 4) is 5.75 Å². The Morgan fingerprint density at radius 2 is 1.69 bits per heavy atom. The molecule has 1 aromatic rings. The third kappa shape index (κ3) is 4.19. The summed E-state index contributed by atoms with van der Waals surface area (Å²) < 4.78 is 33.7. The van der Waals surface area contributed by atoms with Crippen LogP contribution in [0.2, 0.25) is 0 Å². The minimum Gasteiger partial charge on any atom is -0.491 e. The Labute approximate surface area is 156 Å². The first-order valence-corrected chi connectivity index (χ1v) is 10.1.